The molecule has 0 unspecified atom stereocenters. The number of nitrogens with zero attached hydrogens (tertiary/aromatic N) is 2. The molecule has 0 spiro atoms. The molecular formula is C16H27N3O. The third-order valence-corrected chi connectivity index (χ3v) is 3.87. The van der Waals surface area contributed by atoms with Crippen molar-refractivity contribution in [3.05, 3.63) is 23.9 Å². The van der Waals surface area contributed by atoms with Crippen LogP contribution in [0.1, 0.15) is 32.3 Å². The topological polar surface area (TPSA) is 37.4 Å². The second-order valence-corrected chi connectivity index (χ2v) is 6.35. The van der Waals surface area contributed by atoms with Crippen molar-refractivity contribution in [2.45, 2.75) is 33.2 Å². The maximum atomic E-state index is 5.07. The monoisotopic (exact) mass is 277 g/mol. The van der Waals surface area contributed by atoms with E-state index in [-0.39, 0.29) is 0 Å². The number of anilines is 1. The Morgan fingerprint density at radius 1 is 1.45 bits per heavy atom. The van der Waals surface area contributed by atoms with E-state index in [1.54, 1.807) is 7.11 Å². The van der Waals surface area contributed by atoms with Gasteiger partial charge in [-0.05, 0) is 24.3 Å². The highest BCUT2D eigenvalue weighted by atomic mass is 16.5. The first-order chi connectivity index (χ1) is 9.62. The molecule has 1 aliphatic rings. The van der Waals surface area contributed by atoms with Crippen molar-refractivity contribution in [1.29, 1.82) is 0 Å². The molecule has 2 rings (SSSR count). The van der Waals surface area contributed by atoms with Crippen molar-refractivity contribution in [2.75, 3.05) is 38.3 Å². The molecule has 1 N–H and O–H groups in total. The lowest BCUT2D eigenvalue weighted by Gasteiger charge is -2.39. The van der Waals surface area contributed by atoms with Gasteiger partial charge in [-0.1, -0.05) is 19.9 Å². The van der Waals surface area contributed by atoms with Gasteiger partial charge in [-0.25, -0.2) is 4.98 Å². The minimum atomic E-state index is 0.385. The standard InChI is InChI=1S/C16H27N3O/c1-16(2)7-5-10-19(13-16)15-14(6-4-8-18-15)12-17-9-11-20-3/h4,6,8,17H,5,7,9-13H2,1-3H3. The highest BCUT2D eigenvalue weighted by Crippen LogP contribution is 2.31. The zero-order valence-electron chi connectivity index (χ0n) is 13.0. The Hall–Kier alpha value is -1.13. The predicted molar refractivity (Wildman–Crippen MR) is 83.0 cm³/mol. The molecular weight excluding hydrogens is 250 g/mol. The van der Waals surface area contributed by atoms with E-state index in [9.17, 15) is 0 Å². The fraction of sp³-hybridized carbons (Fsp3) is 0.688. The first-order valence-corrected chi connectivity index (χ1v) is 7.51. The number of hydrogen-bond donors (Lipinski definition) is 1. The van der Waals surface area contributed by atoms with Crippen molar-refractivity contribution in [3.8, 4) is 0 Å². The van der Waals surface area contributed by atoms with Crippen LogP contribution in [-0.2, 0) is 11.3 Å². The number of pyridine rings is 1. The first kappa shape index (κ1) is 15.3. The van der Waals surface area contributed by atoms with E-state index >= 15 is 0 Å². The van der Waals surface area contributed by atoms with Crippen LogP contribution in [0.4, 0.5) is 5.82 Å². The quantitative estimate of drug-likeness (QED) is 0.811. The molecule has 0 atom stereocenters. The molecule has 0 amide bonds. The van der Waals surface area contributed by atoms with E-state index in [4.69, 9.17) is 4.74 Å². The van der Waals surface area contributed by atoms with E-state index in [1.807, 2.05) is 12.3 Å². The Labute approximate surface area is 122 Å². The second-order valence-electron chi connectivity index (χ2n) is 6.35. The molecule has 0 saturated carbocycles. The Bertz CT molecular complexity index is 420. The highest BCUT2D eigenvalue weighted by Gasteiger charge is 2.27. The molecule has 1 aromatic heterocycles. The fourth-order valence-electron chi connectivity index (χ4n) is 2.85. The Morgan fingerprint density at radius 2 is 2.30 bits per heavy atom. The number of nitrogens with one attached hydrogen (secondary N) is 1. The van der Waals surface area contributed by atoms with Gasteiger partial charge in [0.25, 0.3) is 0 Å². The molecule has 1 aliphatic heterocycles. The van der Waals surface area contributed by atoms with E-state index < -0.39 is 0 Å². The second kappa shape index (κ2) is 7.04. The Kier molecular flexibility index (Phi) is 5.38. The summed E-state index contributed by atoms with van der Waals surface area (Å²) in [4.78, 5) is 7.06. The zero-order valence-corrected chi connectivity index (χ0v) is 13.0. The van der Waals surface area contributed by atoms with Crippen LogP contribution < -0.4 is 10.2 Å². The van der Waals surface area contributed by atoms with Crippen molar-refractivity contribution in [2.24, 2.45) is 5.41 Å². The summed E-state index contributed by atoms with van der Waals surface area (Å²) in [5, 5.41) is 3.41. The van der Waals surface area contributed by atoms with Crippen LogP contribution in [0.25, 0.3) is 0 Å². The molecule has 4 heteroatoms. The maximum absolute atomic E-state index is 5.07. The van der Waals surface area contributed by atoms with Crippen molar-refractivity contribution in [1.82, 2.24) is 10.3 Å². The largest absolute Gasteiger partial charge is 0.383 e. The molecule has 1 aromatic rings. The Balaban J connectivity index is 2.03. The van der Waals surface area contributed by atoms with Crippen LogP contribution in [0.15, 0.2) is 18.3 Å². The molecule has 112 valence electrons. The van der Waals surface area contributed by atoms with Crippen LogP contribution in [0, 0.1) is 5.41 Å². The van der Waals surface area contributed by atoms with Gasteiger partial charge < -0.3 is 15.0 Å². The smallest absolute Gasteiger partial charge is 0.133 e. The van der Waals surface area contributed by atoms with Gasteiger partial charge in [0, 0.05) is 45.0 Å². The van der Waals surface area contributed by atoms with Crippen molar-refractivity contribution < 1.29 is 4.74 Å². The van der Waals surface area contributed by atoms with E-state index in [0.717, 1.165) is 38.6 Å². The van der Waals surface area contributed by atoms with Gasteiger partial charge in [-0.15, -0.1) is 0 Å². The van der Waals surface area contributed by atoms with Crippen LogP contribution in [-0.4, -0.2) is 38.3 Å². The van der Waals surface area contributed by atoms with Crippen LogP contribution in [0.5, 0.6) is 0 Å². The van der Waals surface area contributed by atoms with Gasteiger partial charge in [-0.2, -0.15) is 0 Å². The van der Waals surface area contributed by atoms with Gasteiger partial charge >= 0.3 is 0 Å². The van der Waals surface area contributed by atoms with E-state index in [2.05, 4.69) is 35.1 Å². The molecule has 20 heavy (non-hydrogen) atoms. The number of aromatic nitrogens is 1. The molecule has 0 aromatic carbocycles. The van der Waals surface area contributed by atoms with Crippen molar-refractivity contribution >= 4 is 5.82 Å². The third-order valence-electron chi connectivity index (χ3n) is 3.87. The van der Waals surface area contributed by atoms with Gasteiger partial charge in [0.05, 0.1) is 6.61 Å². The van der Waals surface area contributed by atoms with E-state index in [0.29, 0.717) is 5.41 Å². The summed E-state index contributed by atoms with van der Waals surface area (Å²) in [5.74, 6) is 1.14. The summed E-state index contributed by atoms with van der Waals surface area (Å²) >= 11 is 0. The minimum Gasteiger partial charge on any atom is -0.383 e. The molecule has 0 bridgehead atoms. The Morgan fingerprint density at radius 3 is 3.05 bits per heavy atom. The summed E-state index contributed by atoms with van der Waals surface area (Å²) in [6, 6.07) is 4.19. The molecule has 1 fully saturated rings. The van der Waals surface area contributed by atoms with Crippen LogP contribution >= 0.6 is 0 Å². The number of piperidine rings is 1. The SMILES string of the molecule is COCCNCc1cccnc1N1CCCC(C)(C)C1. The molecule has 2 heterocycles. The molecule has 1 saturated heterocycles. The maximum Gasteiger partial charge on any atom is 0.133 e. The summed E-state index contributed by atoms with van der Waals surface area (Å²) < 4.78 is 5.07. The van der Waals surface area contributed by atoms with Crippen molar-refractivity contribution in [3.63, 3.8) is 0 Å². The summed E-state index contributed by atoms with van der Waals surface area (Å²) in [7, 11) is 1.73. The van der Waals surface area contributed by atoms with Crippen LogP contribution in [0.2, 0.25) is 0 Å². The fourth-order valence-corrected chi connectivity index (χ4v) is 2.85. The molecule has 0 aliphatic carbocycles. The number of rotatable bonds is 6. The third kappa shape index (κ3) is 4.18. The normalized spacial score (nSPS) is 18.2. The number of ether oxygens (including phenoxy) is 1. The first-order valence-electron chi connectivity index (χ1n) is 7.51. The highest BCUT2D eigenvalue weighted by molar-refractivity contribution is 5.47. The lowest BCUT2D eigenvalue weighted by Crippen LogP contribution is -2.41. The predicted octanol–water partition coefficient (Wildman–Crippen LogP) is 2.44. The van der Waals surface area contributed by atoms with Gasteiger partial charge in [0.15, 0.2) is 0 Å². The number of methoxy groups -OCH3 is 1. The number of hydrogen-bond acceptors (Lipinski definition) is 4. The summed E-state index contributed by atoms with van der Waals surface area (Å²) in [6.45, 7) is 9.37. The van der Waals surface area contributed by atoms with Gasteiger partial charge in [-0.3, -0.25) is 0 Å². The molecule has 4 nitrogen and oxygen atoms in total. The molecule has 0 radical (unpaired) electrons. The minimum absolute atomic E-state index is 0.385. The summed E-state index contributed by atoms with van der Waals surface area (Å²) in [6.07, 6.45) is 4.45. The lowest BCUT2D eigenvalue weighted by atomic mass is 9.84. The van der Waals surface area contributed by atoms with Gasteiger partial charge in [0.2, 0.25) is 0 Å². The summed E-state index contributed by atoms with van der Waals surface area (Å²) in [5.41, 5.74) is 1.66. The van der Waals surface area contributed by atoms with Crippen LogP contribution in [0.3, 0.4) is 0 Å². The lowest BCUT2D eigenvalue weighted by molar-refractivity contribution is 0.199. The van der Waals surface area contributed by atoms with E-state index in [1.165, 1.54) is 18.4 Å². The average Bonchev–Trinajstić information content (AvgIpc) is 2.43. The van der Waals surface area contributed by atoms with Gasteiger partial charge in [0.1, 0.15) is 5.82 Å². The average molecular weight is 277 g/mol. The zero-order chi connectivity index (χ0) is 14.4.